The van der Waals surface area contributed by atoms with Crippen LogP contribution in [0.1, 0.15) is 48.8 Å². The van der Waals surface area contributed by atoms with Crippen molar-refractivity contribution in [2.45, 2.75) is 46.3 Å². The van der Waals surface area contributed by atoms with Crippen LogP contribution in [0.3, 0.4) is 0 Å². The number of ether oxygens (including phenoxy) is 1. The van der Waals surface area contributed by atoms with Crippen LogP contribution in [0.25, 0.3) is 11.0 Å². The van der Waals surface area contributed by atoms with Gasteiger partial charge in [0.15, 0.2) is 11.9 Å². The van der Waals surface area contributed by atoms with Gasteiger partial charge in [0.2, 0.25) is 0 Å². The summed E-state index contributed by atoms with van der Waals surface area (Å²) in [6.45, 7) is 2.61. The number of halogens is 2. The van der Waals surface area contributed by atoms with Gasteiger partial charge in [0.1, 0.15) is 0 Å². The zero-order chi connectivity index (χ0) is 19.7. The van der Waals surface area contributed by atoms with E-state index in [1.165, 1.54) is 0 Å². The van der Waals surface area contributed by atoms with Crippen molar-refractivity contribution < 1.29 is 18.3 Å². The van der Waals surface area contributed by atoms with Gasteiger partial charge in [0.05, 0.1) is 16.7 Å². The molecule has 2 aromatic heterocycles. The first-order valence-electron chi connectivity index (χ1n) is 8.73. The summed E-state index contributed by atoms with van der Waals surface area (Å²) in [7, 11) is 1.85. The molecule has 1 aromatic carbocycles. The SMILES string of the molecule is Cc1nn(C)c(C)c1CCC(=O)OC(C)c1nc2ccccc2n1C(F)F. The number of hydrogen-bond donors (Lipinski definition) is 0. The van der Waals surface area contributed by atoms with Gasteiger partial charge < -0.3 is 4.74 Å². The lowest BCUT2D eigenvalue weighted by atomic mass is 10.1. The summed E-state index contributed by atoms with van der Waals surface area (Å²) in [5, 5.41) is 4.32. The number of hydrogen-bond acceptors (Lipinski definition) is 4. The predicted molar refractivity (Wildman–Crippen MR) is 96.5 cm³/mol. The van der Waals surface area contributed by atoms with Crippen LogP contribution in [0.5, 0.6) is 0 Å². The molecule has 0 aliphatic rings. The average Bonchev–Trinajstić information content (AvgIpc) is 3.11. The van der Waals surface area contributed by atoms with E-state index in [1.807, 2.05) is 20.9 Å². The minimum absolute atomic E-state index is 0.0355. The van der Waals surface area contributed by atoms with E-state index >= 15 is 0 Å². The third kappa shape index (κ3) is 3.70. The molecule has 0 aliphatic heterocycles. The topological polar surface area (TPSA) is 61.9 Å². The van der Waals surface area contributed by atoms with Crippen molar-refractivity contribution in [2.24, 2.45) is 7.05 Å². The summed E-state index contributed by atoms with van der Waals surface area (Å²) in [6.07, 6.45) is -0.246. The zero-order valence-electron chi connectivity index (χ0n) is 15.7. The number of nitrogens with zero attached hydrogens (tertiary/aromatic N) is 4. The van der Waals surface area contributed by atoms with E-state index in [0.717, 1.165) is 21.5 Å². The van der Waals surface area contributed by atoms with Crippen molar-refractivity contribution in [2.75, 3.05) is 0 Å². The highest BCUT2D eigenvalue weighted by molar-refractivity contribution is 5.76. The summed E-state index contributed by atoms with van der Waals surface area (Å²) < 4.78 is 35.0. The summed E-state index contributed by atoms with van der Waals surface area (Å²) in [5.74, 6) is -0.425. The number of carbonyl (C=O) groups excluding carboxylic acids is 1. The monoisotopic (exact) mass is 376 g/mol. The van der Waals surface area contributed by atoms with E-state index in [2.05, 4.69) is 10.1 Å². The van der Waals surface area contributed by atoms with Crippen LogP contribution >= 0.6 is 0 Å². The molecule has 144 valence electrons. The van der Waals surface area contributed by atoms with E-state index in [0.29, 0.717) is 17.5 Å². The maximum atomic E-state index is 13.5. The molecule has 0 amide bonds. The molecule has 0 saturated heterocycles. The van der Waals surface area contributed by atoms with E-state index in [9.17, 15) is 13.6 Å². The number of aryl methyl sites for hydroxylation is 2. The fourth-order valence-corrected chi connectivity index (χ4v) is 3.27. The van der Waals surface area contributed by atoms with Crippen molar-refractivity contribution in [3.63, 3.8) is 0 Å². The average molecular weight is 376 g/mol. The second kappa shape index (κ2) is 7.46. The summed E-state index contributed by atoms with van der Waals surface area (Å²) in [6, 6.07) is 6.62. The second-order valence-electron chi connectivity index (χ2n) is 6.51. The highest BCUT2D eigenvalue weighted by atomic mass is 19.3. The summed E-state index contributed by atoms with van der Waals surface area (Å²) in [4.78, 5) is 16.5. The van der Waals surface area contributed by atoms with Crippen LogP contribution in [0.4, 0.5) is 8.78 Å². The molecule has 0 aliphatic carbocycles. The smallest absolute Gasteiger partial charge is 0.320 e. The number of imidazole rings is 1. The first-order valence-corrected chi connectivity index (χ1v) is 8.73. The fraction of sp³-hybridized carbons (Fsp3) is 0.421. The highest BCUT2D eigenvalue weighted by Crippen LogP contribution is 2.28. The van der Waals surface area contributed by atoms with Crippen molar-refractivity contribution in [1.82, 2.24) is 19.3 Å². The Bertz CT molecular complexity index is 978. The van der Waals surface area contributed by atoms with Gasteiger partial charge in [-0.3, -0.25) is 14.0 Å². The molecule has 3 rings (SSSR count). The molecule has 8 heteroatoms. The van der Waals surface area contributed by atoms with E-state index in [-0.39, 0.29) is 12.2 Å². The molecule has 0 spiro atoms. The molecule has 0 saturated carbocycles. The minimum atomic E-state index is -2.77. The van der Waals surface area contributed by atoms with E-state index in [1.54, 1.807) is 35.9 Å². The Morgan fingerprint density at radius 3 is 2.59 bits per heavy atom. The van der Waals surface area contributed by atoms with Crippen LogP contribution < -0.4 is 0 Å². The molecule has 0 N–H and O–H groups in total. The van der Waals surface area contributed by atoms with Gasteiger partial charge in [-0.2, -0.15) is 13.9 Å². The first-order chi connectivity index (χ1) is 12.8. The van der Waals surface area contributed by atoms with E-state index in [4.69, 9.17) is 4.74 Å². The van der Waals surface area contributed by atoms with Gasteiger partial charge in [0, 0.05) is 19.2 Å². The second-order valence-corrected chi connectivity index (χ2v) is 6.51. The normalized spacial score (nSPS) is 12.7. The number of esters is 1. The third-order valence-corrected chi connectivity index (χ3v) is 4.73. The van der Waals surface area contributed by atoms with Crippen LogP contribution in [-0.4, -0.2) is 25.3 Å². The summed E-state index contributed by atoms with van der Waals surface area (Å²) >= 11 is 0. The third-order valence-electron chi connectivity index (χ3n) is 4.73. The molecule has 27 heavy (non-hydrogen) atoms. The lowest BCUT2D eigenvalue weighted by Gasteiger charge is -2.15. The maximum absolute atomic E-state index is 13.5. The Hall–Kier alpha value is -2.77. The van der Waals surface area contributed by atoms with Crippen molar-refractivity contribution in [3.05, 3.63) is 47.0 Å². The Kier molecular flexibility index (Phi) is 5.25. The van der Waals surface area contributed by atoms with Gasteiger partial charge in [-0.05, 0) is 44.9 Å². The Labute approximate surface area is 155 Å². The first kappa shape index (κ1) is 19.0. The lowest BCUT2D eigenvalue weighted by Crippen LogP contribution is -2.15. The molecule has 1 atom stereocenters. The molecule has 2 heterocycles. The van der Waals surface area contributed by atoms with Crippen LogP contribution in [0, 0.1) is 13.8 Å². The lowest BCUT2D eigenvalue weighted by molar-refractivity contribution is -0.149. The quantitative estimate of drug-likeness (QED) is 0.610. The van der Waals surface area contributed by atoms with Gasteiger partial charge in [0.25, 0.3) is 0 Å². The minimum Gasteiger partial charge on any atom is -0.454 e. The zero-order valence-corrected chi connectivity index (χ0v) is 15.7. The van der Waals surface area contributed by atoms with Crippen LogP contribution in [-0.2, 0) is 23.0 Å². The van der Waals surface area contributed by atoms with Crippen molar-refractivity contribution in [1.29, 1.82) is 0 Å². The summed E-state index contributed by atoms with van der Waals surface area (Å²) in [5.41, 5.74) is 3.62. The number of rotatable bonds is 6. The number of alkyl halides is 2. The molecule has 0 radical (unpaired) electrons. The Morgan fingerprint density at radius 1 is 1.26 bits per heavy atom. The molecule has 1 unspecified atom stereocenters. The van der Waals surface area contributed by atoms with Gasteiger partial charge in [-0.25, -0.2) is 4.98 Å². The highest BCUT2D eigenvalue weighted by Gasteiger charge is 2.24. The Morgan fingerprint density at radius 2 is 1.96 bits per heavy atom. The predicted octanol–water partition coefficient (Wildman–Crippen LogP) is 4.02. The van der Waals surface area contributed by atoms with Gasteiger partial charge >= 0.3 is 12.5 Å². The van der Waals surface area contributed by atoms with Gasteiger partial charge in [-0.15, -0.1) is 0 Å². The number of aromatic nitrogens is 4. The number of carbonyl (C=O) groups is 1. The number of para-hydroxylation sites is 2. The maximum Gasteiger partial charge on any atom is 0.320 e. The fourth-order valence-electron chi connectivity index (χ4n) is 3.27. The Balaban J connectivity index is 1.73. The molecule has 0 fully saturated rings. The van der Waals surface area contributed by atoms with Gasteiger partial charge in [-0.1, -0.05) is 12.1 Å². The molecular weight excluding hydrogens is 354 g/mol. The number of benzene rings is 1. The van der Waals surface area contributed by atoms with Crippen LogP contribution in [0.15, 0.2) is 24.3 Å². The molecule has 0 bridgehead atoms. The van der Waals surface area contributed by atoms with E-state index < -0.39 is 18.6 Å². The number of fused-ring (bicyclic) bond motifs is 1. The van der Waals surface area contributed by atoms with Crippen molar-refractivity contribution >= 4 is 17.0 Å². The molecular formula is C19H22F2N4O2. The molecule has 3 aromatic rings. The molecule has 6 nitrogen and oxygen atoms in total. The largest absolute Gasteiger partial charge is 0.454 e. The standard InChI is InChI=1S/C19H22F2N4O2/c1-11-14(12(2)24(4)23-11)9-10-17(26)27-13(3)18-22-15-7-5-6-8-16(15)25(18)19(20)21/h5-8,13,19H,9-10H2,1-4H3. The van der Waals surface area contributed by atoms with Crippen LogP contribution in [0.2, 0.25) is 0 Å². The van der Waals surface area contributed by atoms with Crippen molar-refractivity contribution in [3.8, 4) is 0 Å².